The number of amides is 3. The molecule has 2 aromatic rings. The van der Waals surface area contributed by atoms with Crippen molar-refractivity contribution >= 4 is 29.1 Å². The highest BCUT2D eigenvalue weighted by atomic mass is 19.1. The van der Waals surface area contributed by atoms with E-state index in [0.717, 1.165) is 6.42 Å². The van der Waals surface area contributed by atoms with E-state index in [-0.39, 0.29) is 41.4 Å². The van der Waals surface area contributed by atoms with Crippen LogP contribution >= 0.6 is 0 Å². The van der Waals surface area contributed by atoms with Crippen LogP contribution in [-0.4, -0.2) is 27.5 Å². The van der Waals surface area contributed by atoms with Crippen LogP contribution in [0.15, 0.2) is 60.7 Å². The average molecular weight is 449 g/mol. The molecule has 33 heavy (non-hydrogen) atoms. The Morgan fingerprint density at radius 1 is 1.09 bits per heavy atom. The van der Waals surface area contributed by atoms with Gasteiger partial charge in [-0.25, -0.2) is 4.39 Å². The number of likely N-dealkylation sites (tertiary alicyclic amines) is 1. The Kier molecular flexibility index (Phi) is 5.03. The third-order valence-electron chi connectivity index (χ3n) is 6.79. The van der Waals surface area contributed by atoms with Gasteiger partial charge in [0.25, 0.3) is 5.69 Å². The van der Waals surface area contributed by atoms with E-state index in [1.165, 1.54) is 53.4 Å². The standard InChI is InChI=1S/C24H20FN3O5/c25-16-8-6-13(7-9-16)19(12-20(29)26-17-2-1-3-18(11-17)28(32)33)27-23(30)21-14-4-5-15(10-14)22(21)24(27)31/h1-9,11,14-15,19,21-22H,10,12H2,(H,26,29). The second kappa shape index (κ2) is 7.91. The van der Waals surface area contributed by atoms with Gasteiger partial charge in [-0.15, -0.1) is 0 Å². The molecule has 1 heterocycles. The Labute approximate surface area is 188 Å². The molecule has 0 radical (unpaired) electrons. The minimum Gasteiger partial charge on any atom is -0.326 e. The van der Waals surface area contributed by atoms with Crippen molar-refractivity contribution in [3.63, 3.8) is 0 Å². The van der Waals surface area contributed by atoms with E-state index in [0.29, 0.717) is 5.56 Å². The maximum atomic E-state index is 13.5. The highest BCUT2D eigenvalue weighted by molar-refractivity contribution is 6.07. The summed E-state index contributed by atoms with van der Waals surface area (Å²) >= 11 is 0. The number of anilines is 1. The number of allylic oxidation sites excluding steroid dienone is 2. The Bertz CT molecular complexity index is 1160. The molecule has 2 bridgehead atoms. The summed E-state index contributed by atoms with van der Waals surface area (Å²) in [5, 5.41) is 13.6. The summed E-state index contributed by atoms with van der Waals surface area (Å²) < 4.78 is 13.5. The Balaban J connectivity index is 1.42. The van der Waals surface area contributed by atoms with Crippen LogP contribution in [0.25, 0.3) is 0 Å². The van der Waals surface area contributed by atoms with E-state index >= 15 is 0 Å². The van der Waals surface area contributed by atoms with Gasteiger partial charge in [-0.3, -0.25) is 29.4 Å². The van der Waals surface area contributed by atoms with Gasteiger partial charge in [-0.1, -0.05) is 30.4 Å². The molecule has 0 spiro atoms. The summed E-state index contributed by atoms with van der Waals surface area (Å²) in [7, 11) is 0. The highest BCUT2D eigenvalue weighted by Crippen LogP contribution is 2.54. The van der Waals surface area contributed by atoms with Gasteiger partial charge >= 0.3 is 0 Å². The minimum absolute atomic E-state index is 0.0222. The fraction of sp³-hybridized carbons (Fsp3) is 0.292. The zero-order valence-electron chi connectivity index (χ0n) is 17.4. The zero-order chi connectivity index (χ0) is 23.3. The van der Waals surface area contributed by atoms with Gasteiger partial charge in [-0.05, 0) is 42.0 Å². The number of benzene rings is 2. The molecule has 5 rings (SSSR count). The molecule has 1 aliphatic heterocycles. The molecule has 3 aliphatic rings. The number of non-ortho nitro benzene ring substituents is 1. The first kappa shape index (κ1) is 21.0. The van der Waals surface area contributed by atoms with Gasteiger partial charge in [0, 0.05) is 17.8 Å². The molecule has 1 saturated carbocycles. The third kappa shape index (κ3) is 3.59. The van der Waals surface area contributed by atoms with Gasteiger partial charge in [-0.2, -0.15) is 0 Å². The van der Waals surface area contributed by atoms with Gasteiger partial charge in [0.15, 0.2) is 0 Å². The molecule has 0 aromatic heterocycles. The van der Waals surface area contributed by atoms with Crippen molar-refractivity contribution < 1.29 is 23.7 Å². The van der Waals surface area contributed by atoms with Crippen LogP contribution in [0.4, 0.5) is 15.8 Å². The number of hydrogen-bond acceptors (Lipinski definition) is 5. The predicted octanol–water partition coefficient (Wildman–Crippen LogP) is 3.61. The van der Waals surface area contributed by atoms with E-state index in [4.69, 9.17) is 0 Å². The van der Waals surface area contributed by atoms with Gasteiger partial charge in [0.2, 0.25) is 17.7 Å². The maximum absolute atomic E-state index is 13.5. The van der Waals surface area contributed by atoms with Gasteiger partial charge < -0.3 is 5.32 Å². The van der Waals surface area contributed by atoms with E-state index in [1.807, 2.05) is 12.2 Å². The number of nitro benzene ring substituents is 1. The summed E-state index contributed by atoms with van der Waals surface area (Å²) in [6, 6.07) is 9.94. The molecule has 9 heteroatoms. The first-order chi connectivity index (χ1) is 15.8. The molecule has 5 unspecified atom stereocenters. The molecule has 8 nitrogen and oxygen atoms in total. The van der Waals surface area contributed by atoms with Crippen LogP contribution in [0.5, 0.6) is 0 Å². The normalized spacial score (nSPS) is 25.9. The van der Waals surface area contributed by atoms with Crippen LogP contribution in [0.3, 0.4) is 0 Å². The number of carbonyl (C=O) groups excluding carboxylic acids is 3. The van der Waals surface area contributed by atoms with Gasteiger partial charge in [0.05, 0.1) is 29.2 Å². The maximum Gasteiger partial charge on any atom is 0.271 e. The molecule has 2 aliphatic carbocycles. The van der Waals surface area contributed by atoms with Crippen molar-refractivity contribution in [2.45, 2.75) is 18.9 Å². The summed E-state index contributed by atoms with van der Waals surface area (Å²) in [6.45, 7) is 0. The van der Waals surface area contributed by atoms with Crippen molar-refractivity contribution in [3.05, 3.63) is 82.2 Å². The van der Waals surface area contributed by atoms with E-state index in [9.17, 15) is 28.9 Å². The first-order valence-electron chi connectivity index (χ1n) is 10.7. The van der Waals surface area contributed by atoms with Crippen molar-refractivity contribution in [1.29, 1.82) is 0 Å². The largest absolute Gasteiger partial charge is 0.326 e. The van der Waals surface area contributed by atoms with E-state index in [2.05, 4.69) is 5.32 Å². The summed E-state index contributed by atoms with van der Waals surface area (Å²) in [6.07, 6.45) is 4.51. The van der Waals surface area contributed by atoms with Crippen molar-refractivity contribution in [2.75, 3.05) is 5.32 Å². The number of nitro groups is 1. The van der Waals surface area contributed by atoms with Crippen molar-refractivity contribution in [3.8, 4) is 0 Å². The molecule has 5 atom stereocenters. The molecule has 1 saturated heterocycles. The van der Waals surface area contributed by atoms with Crippen LogP contribution in [0.1, 0.15) is 24.4 Å². The van der Waals surface area contributed by atoms with Crippen molar-refractivity contribution in [2.24, 2.45) is 23.7 Å². The second-order valence-electron chi connectivity index (χ2n) is 8.67. The molecule has 3 amide bonds. The van der Waals surface area contributed by atoms with E-state index < -0.39 is 34.5 Å². The molecular formula is C24H20FN3O5. The lowest BCUT2D eigenvalue weighted by molar-refractivity contribution is -0.384. The third-order valence-corrected chi connectivity index (χ3v) is 6.79. The molecule has 1 N–H and O–H groups in total. The number of imide groups is 1. The molecule has 2 fully saturated rings. The number of nitrogens with one attached hydrogen (secondary N) is 1. The SMILES string of the molecule is O=C(CC(c1ccc(F)cc1)N1C(=O)C2C3C=CC(C3)C2C1=O)Nc1cccc([N+](=O)[O-])c1. The number of fused-ring (bicyclic) bond motifs is 5. The average Bonchev–Trinajstić information content (AvgIpc) is 3.47. The zero-order valence-corrected chi connectivity index (χ0v) is 17.4. The lowest BCUT2D eigenvalue weighted by Crippen LogP contribution is -2.38. The fourth-order valence-corrected chi connectivity index (χ4v) is 5.36. The summed E-state index contributed by atoms with van der Waals surface area (Å²) in [5.74, 6) is -2.41. The molecule has 168 valence electrons. The monoisotopic (exact) mass is 449 g/mol. The summed E-state index contributed by atoms with van der Waals surface area (Å²) in [5.41, 5.74) is 0.515. The van der Waals surface area contributed by atoms with Crippen LogP contribution in [0.2, 0.25) is 0 Å². The minimum atomic E-state index is -0.908. The number of nitrogens with zero attached hydrogens (tertiary/aromatic N) is 2. The van der Waals surface area contributed by atoms with Crippen LogP contribution in [-0.2, 0) is 14.4 Å². The Morgan fingerprint density at radius 2 is 1.73 bits per heavy atom. The van der Waals surface area contributed by atoms with Crippen LogP contribution < -0.4 is 5.32 Å². The van der Waals surface area contributed by atoms with Crippen molar-refractivity contribution in [1.82, 2.24) is 4.90 Å². The highest BCUT2D eigenvalue weighted by Gasteiger charge is 2.60. The molecular weight excluding hydrogens is 429 g/mol. The lowest BCUT2D eigenvalue weighted by atomic mass is 9.85. The molecule has 2 aromatic carbocycles. The first-order valence-corrected chi connectivity index (χ1v) is 10.7. The summed E-state index contributed by atoms with van der Waals surface area (Å²) in [4.78, 5) is 51.1. The number of hydrogen-bond donors (Lipinski definition) is 1. The van der Waals surface area contributed by atoms with E-state index in [1.54, 1.807) is 0 Å². The van der Waals surface area contributed by atoms with Gasteiger partial charge in [0.1, 0.15) is 5.82 Å². The smallest absolute Gasteiger partial charge is 0.271 e. The Morgan fingerprint density at radius 3 is 2.33 bits per heavy atom. The second-order valence-corrected chi connectivity index (χ2v) is 8.67. The lowest BCUT2D eigenvalue weighted by Gasteiger charge is -2.28. The van der Waals surface area contributed by atoms with Crippen LogP contribution in [0, 0.1) is 39.6 Å². The Hall–Kier alpha value is -3.88. The fourth-order valence-electron chi connectivity index (χ4n) is 5.36. The predicted molar refractivity (Wildman–Crippen MR) is 115 cm³/mol. The topological polar surface area (TPSA) is 110 Å². The number of halogens is 1. The number of rotatable bonds is 6. The number of carbonyl (C=O) groups is 3. The quantitative estimate of drug-likeness (QED) is 0.314.